The van der Waals surface area contributed by atoms with Crippen LogP contribution in [0.5, 0.6) is 0 Å². The van der Waals surface area contributed by atoms with Gasteiger partial charge < -0.3 is 10.6 Å². The zero-order valence-corrected chi connectivity index (χ0v) is 13.6. The Morgan fingerprint density at radius 1 is 1.26 bits per heavy atom. The van der Waals surface area contributed by atoms with E-state index in [1.54, 1.807) is 4.90 Å². The van der Waals surface area contributed by atoms with Crippen LogP contribution in [0, 0.1) is 12.7 Å². The molecule has 1 saturated heterocycles. The van der Waals surface area contributed by atoms with Crippen LogP contribution in [0.1, 0.15) is 34.0 Å². The number of rotatable bonds is 2. The molecule has 0 bridgehead atoms. The van der Waals surface area contributed by atoms with Gasteiger partial charge in [-0.2, -0.15) is 4.37 Å². The van der Waals surface area contributed by atoms with Gasteiger partial charge in [-0.05, 0) is 61.1 Å². The van der Waals surface area contributed by atoms with E-state index in [1.807, 2.05) is 6.92 Å². The number of aromatic nitrogens is 2. The second-order valence-electron chi connectivity index (χ2n) is 5.46. The third-order valence-corrected chi connectivity index (χ3v) is 4.72. The number of amides is 1. The summed E-state index contributed by atoms with van der Waals surface area (Å²) in [7, 11) is 0. The van der Waals surface area contributed by atoms with Crippen LogP contribution >= 0.6 is 11.5 Å². The van der Waals surface area contributed by atoms with Crippen molar-refractivity contribution < 1.29 is 9.18 Å². The van der Waals surface area contributed by atoms with Crippen molar-refractivity contribution in [1.29, 1.82) is 0 Å². The van der Waals surface area contributed by atoms with Crippen LogP contribution in [0.25, 0.3) is 5.70 Å². The minimum absolute atomic E-state index is 0.0746. The molecule has 0 saturated carbocycles. The van der Waals surface area contributed by atoms with Crippen LogP contribution in [0.3, 0.4) is 0 Å². The van der Waals surface area contributed by atoms with Gasteiger partial charge in [0.05, 0.1) is 5.70 Å². The zero-order chi connectivity index (χ0) is 16.4. The minimum Gasteiger partial charge on any atom is -0.396 e. The first-order valence-corrected chi connectivity index (χ1v) is 8.15. The van der Waals surface area contributed by atoms with Gasteiger partial charge in [-0.15, -0.1) is 0 Å². The van der Waals surface area contributed by atoms with E-state index in [2.05, 4.69) is 9.36 Å². The Morgan fingerprint density at radius 2 is 1.91 bits per heavy atom. The SMILES string of the molecule is Cc1nsc(C(N)=C2CCN(C(=O)c3ccc(F)cc3)CC2)n1. The fraction of sp³-hybridized carbons (Fsp3) is 0.312. The quantitative estimate of drug-likeness (QED) is 0.917. The van der Waals surface area contributed by atoms with Crippen molar-refractivity contribution in [2.45, 2.75) is 19.8 Å². The molecule has 23 heavy (non-hydrogen) atoms. The monoisotopic (exact) mass is 332 g/mol. The molecule has 120 valence electrons. The molecule has 1 fully saturated rings. The molecule has 5 nitrogen and oxygen atoms in total. The smallest absolute Gasteiger partial charge is 0.253 e. The number of hydrogen-bond acceptors (Lipinski definition) is 5. The lowest BCUT2D eigenvalue weighted by Crippen LogP contribution is -2.36. The summed E-state index contributed by atoms with van der Waals surface area (Å²) in [5, 5.41) is 0.746. The lowest BCUT2D eigenvalue weighted by Gasteiger charge is -2.29. The normalized spacial score (nSPS) is 14.9. The van der Waals surface area contributed by atoms with Gasteiger partial charge in [0, 0.05) is 18.7 Å². The van der Waals surface area contributed by atoms with Crippen molar-refractivity contribution >= 4 is 23.1 Å². The molecule has 3 rings (SSSR count). The standard InChI is InChI=1S/C16H17FN4OS/c1-10-19-15(23-20-10)14(18)11-6-8-21(9-7-11)16(22)12-2-4-13(17)5-3-12/h2-5H,6-9,18H2,1H3. The van der Waals surface area contributed by atoms with Gasteiger partial charge in [0.2, 0.25) is 0 Å². The first kappa shape index (κ1) is 15.6. The van der Waals surface area contributed by atoms with Crippen LogP contribution in [0.15, 0.2) is 29.8 Å². The number of aryl methyl sites for hydroxylation is 1. The van der Waals surface area contributed by atoms with Crippen molar-refractivity contribution in [2.24, 2.45) is 5.73 Å². The molecule has 2 N–H and O–H groups in total. The zero-order valence-electron chi connectivity index (χ0n) is 12.8. The maximum atomic E-state index is 12.9. The summed E-state index contributed by atoms with van der Waals surface area (Å²) in [5.74, 6) is 0.303. The van der Waals surface area contributed by atoms with E-state index in [0.29, 0.717) is 24.4 Å². The molecule has 0 atom stereocenters. The summed E-state index contributed by atoms with van der Waals surface area (Å²) in [6, 6.07) is 5.64. The van der Waals surface area contributed by atoms with E-state index >= 15 is 0 Å². The lowest BCUT2D eigenvalue weighted by atomic mass is 10.0. The molecular formula is C16H17FN4OS. The Hall–Kier alpha value is -2.28. The number of benzene rings is 1. The van der Waals surface area contributed by atoms with Crippen molar-refractivity contribution in [3.8, 4) is 0 Å². The van der Waals surface area contributed by atoms with Crippen molar-refractivity contribution in [1.82, 2.24) is 14.3 Å². The summed E-state index contributed by atoms with van der Waals surface area (Å²) in [5.41, 5.74) is 8.48. The average Bonchev–Trinajstić information content (AvgIpc) is 3.01. The van der Waals surface area contributed by atoms with Crippen LogP contribution in [0.2, 0.25) is 0 Å². The Labute approximate surface area is 137 Å². The maximum Gasteiger partial charge on any atom is 0.253 e. The lowest BCUT2D eigenvalue weighted by molar-refractivity contribution is 0.0743. The molecule has 1 aliphatic rings. The molecule has 1 aliphatic heterocycles. The fourth-order valence-electron chi connectivity index (χ4n) is 2.58. The Balaban J connectivity index is 1.68. The van der Waals surface area contributed by atoms with Crippen molar-refractivity contribution in [3.63, 3.8) is 0 Å². The highest BCUT2D eigenvalue weighted by molar-refractivity contribution is 7.06. The number of hydrogen-bond donors (Lipinski definition) is 1. The number of halogens is 1. The van der Waals surface area contributed by atoms with E-state index in [-0.39, 0.29) is 11.7 Å². The molecule has 0 unspecified atom stereocenters. The van der Waals surface area contributed by atoms with Gasteiger partial charge >= 0.3 is 0 Å². The number of nitrogens with zero attached hydrogens (tertiary/aromatic N) is 3. The fourth-order valence-corrected chi connectivity index (χ4v) is 3.26. The van der Waals surface area contributed by atoms with E-state index in [4.69, 9.17) is 5.73 Å². The highest BCUT2D eigenvalue weighted by Crippen LogP contribution is 2.25. The number of piperidine rings is 1. The summed E-state index contributed by atoms with van der Waals surface area (Å²) in [6.07, 6.45) is 1.44. The molecule has 1 aromatic heterocycles. The predicted octanol–water partition coefficient (Wildman–Crippen LogP) is 2.59. The van der Waals surface area contributed by atoms with Crippen LogP contribution in [-0.2, 0) is 0 Å². The molecule has 1 amide bonds. The summed E-state index contributed by atoms with van der Waals surface area (Å²) < 4.78 is 17.1. The number of nitrogens with two attached hydrogens (primary N) is 1. The van der Waals surface area contributed by atoms with Crippen molar-refractivity contribution in [2.75, 3.05) is 13.1 Å². The van der Waals surface area contributed by atoms with Gasteiger partial charge in [0.1, 0.15) is 11.6 Å². The molecule has 0 radical (unpaired) electrons. The summed E-state index contributed by atoms with van der Waals surface area (Å²) in [4.78, 5) is 18.5. The van der Waals surface area contributed by atoms with E-state index in [1.165, 1.54) is 35.8 Å². The molecule has 2 aromatic rings. The topological polar surface area (TPSA) is 72.1 Å². The molecule has 0 spiro atoms. The van der Waals surface area contributed by atoms with E-state index < -0.39 is 0 Å². The molecular weight excluding hydrogens is 315 g/mol. The minimum atomic E-state index is -0.342. The molecule has 1 aromatic carbocycles. The second-order valence-corrected chi connectivity index (χ2v) is 6.21. The Morgan fingerprint density at radius 3 is 2.48 bits per heavy atom. The largest absolute Gasteiger partial charge is 0.396 e. The Kier molecular flexibility index (Phi) is 4.38. The molecule has 2 heterocycles. The van der Waals surface area contributed by atoms with E-state index in [0.717, 1.165) is 29.2 Å². The average molecular weight is 332 g/mol. The van der Waals surface area contributed by atoms with Crippen LogP contribution in [0.4, 0.5) is 4.39 Å². The third-order valence-electron chi connectivity index (χ3n) is 3.88. The Bertz CT molecular complexity index is 744. The highest BCUT2D eigenvalue weighted by atomic mass is 32.1. The van der Waals surface area contributed by atoms with Crippen LogP contribution < -0.4 is 5.73 Å². The maximum absolute atomic E-state index is 12.9. The summed E-state index contributed by atoms with van der Waals surface area (Å²) >= 11 is 1.30. The van der Waals surface area contributed by atoms with Crippen LogP contribution in [-0.4, -0.2) is 33.3 Å². The van der Waals surface area contributed by atoms with Gasteiger partial charge in [0.25, 0.3) is 5.91 Å². The number of carbonyl (C=O) groups is 1. The van der Waals surface area contributed by atoms with Gasteiger partial charge in [-0.1, -0.05) is 0 Å². The van der Waals surface area contributed by atoms with Crippen molar-refractivity contribution in [3.05, 3.63) is 52.1 Å². The first-order chi connectivity index (χ1) is 11.0. The predicted molar refractivity (Wildman–Crippen MR) is 87.3 cm³/mol. The first-order valence-electron chi connectivity index (χ1n) is 7.37. The summed E-state index contributed by atoms with van der Waals surface area (Å²) in [6.45, 7) is 3.04. The van der Waals surface area contributed by atoms with E-state index in [9.17, 15) is 9.18 Å². The number of carbonyl (C=O) groups excluding carboxylic acids is 1. The van der Waals surface area contributed by atoms with Gasteiger partial charge in [0.15, 0.2) is 5.01 Å². The molecule has 0 aliphatic carbocycles. The highest BCUT2D eigenvalue weighted by Gasteiger charge is 2.22. The van der Waals surface area contributed by atoms with Gasteiger partial charge in [-0.3, -0.25) is 4.79 Å². The van der Waals surface area contributed by atoms with Gasteiger partial charge in [-0.25, -0.2) is 9.37 Å². The third kappa shape index (κ3) is 3.39. The molecule has 7 heteroatoms. The number of likely N-dealkylation sites (tertiary alicyclic amines) is 1. The second kappa shape index (κ2) is 6.45.